The zero-order chi connectivity index (χ0) is 23.1. The van der Waals surface area contributed by atoms with Crippen molar-refractivity contribution < 1.29 is 9.47 Å². The summed E-state index contributed by atoms with van der Waals surface area (Å²) in [7, 11) is 0. The molecule has 0 amide bonds. The van der Waals surface area contributed by atoms with E-state index in [0.717, 1.165) is 42.6 Å². The lowest BCUT2D eigenvalue weighted by Crippen LogP contribution is -2.52. The molecule has 0 aromatic carbocycles. The molecule has 1 saturated heterocycles. The number of hydrogen-bond donors (Lipinski definition) is 0. The van der Waals surface area contributed by atoms with Gasteiger partial charge in [-0.05, 0) is 117 Å². The molecule has 0 N–H and O–H groups in total. The van der Waals surface area contributed by atoms with Crippen LogP contribution >= 0.6 is 0 Å². The lowest BCUT2D eigenvalue weighted by atomic mass is 9.46. The van der Waals surface area contributed by atoms with Crippen molar-refractivity contribution in [2.45, 2.75) is 130 Å². The van der Waals surface area contributed by atoms with Gasteiger partial charge < -0.3 is 9.47 Å². The SMILES string of the molecule is CC(C)CCCC[C@H]1CC[C@H]2[C@@H]3C=CC4CC(OC5CCCCO5)CC[C@@]4(C)[C@H]3CC[C@]12C. The molecule has 0 spiro atoms. The lowest BCUT2D eigenvalue weighted by Gasteiger charge is -2.59. The third-order valence-corrected chi connectivity index (χ3v) is 11.4. The maximum Gasteiger partial charge on any atom is 0.157 e. The molecule has 9 atom stereocenters. The molecule has 1 aliphatic heterocycles. The predicted molar refractivity (Wildman–Crippen MR) is 137 cm³/mol. The fourth-order valence-corrected chi connectivity index (χ4v) is 9.26. The summed E-state index contributed by atoms with van der Waals surface area (Å²) in [6.07, 6.45) is 25.0. The number of hydrogen-bond acceptors (Lipinski definition) is 2. The van der Waals surface area contributed by atoms with E-state index < -0.39 is 0 Å². The summed E-state index contributed by atoms with van der Waals surface area (Å²) in [5.74, 6) is 5.23. The second kappa shape index (κ2) is 9.96. The van der Waals surface area contributed by atoms with E-state index in [1.54, 1.807) is 0 Å². The van der Waals surface area contributed by atoms with E-state index in [0.29, 0.717) is 22.9 Å². The normalized spacial score (nSPS) is 47.2. The minimum atomic E-state index is 0.0692. The van der Waals surface area contributed by atoms with Gasteiger partial charge in [0.05, 0.1) is 6.10 Å². The Morgan fingerprint density at radius 3 is 2.52 bits per heavy atom. The fraction of sp³-hybridized carbons (Fsp3) is 0.935. The van der Waals surface area contributed by atoms with Crippen molar-refractivity contribution in [2.75, 3.05) is 6.61 Å². The van der Waals surface area contributed by atoms with Crippen molar-refractivity contribution >= 4 is 0 Å². The minimum absolute atomic E-state index is 0.0692. The topological polar surface area (TPSA) is 18.5 Å². The van der Waals surface area contributed by atoms with E-state index in [4.69, 9.17) is 9.47 Å². The molecule has 2 heteroatoms. The van der Waals surface area contributed by atoms with Crippen LogP contribution in [0.5, 0.6) is 0 Å². The van der Waals surface area contributed by atoms with Crippen molar-refractivity contribution in [3.05, 3.63) is 12.2 Å². The van der Waals surface area contributed by atoms with Crippen LogP contribution < -0.4 is 0 Å². The molecule has 0 aromatic rings. The average Bonchev–Trinajstić information content (AvgIpc) is 3.14. The highest BCUT2D eigenvalue weighted by molar-refractivity contribution is 5.18. The quantitative estimate of drug-likeness (QED) is 0.282. The van der Waals surface area contributed by atoms with Gasteiger partial charge in [-0.2, -0.15) is 0 Å². The average molecular weight is 457 g/mol. The van der Waals surface area contributed by atoms with Gasteiger partial charge in [0, 0.05) is 6.61 Å². The second-order valence-electron chi connectivity index (χ2n) is 13.6. The van der Waals surface area contributed by atoms with E-state index in [1.807, 2.05) is 0 Å². The van der Waals surface area contributed by atoms with E-state index in [2.05, 4.69) is 39.8 Å². The molecule has 5 rings (SSSR count). The van der Waals surface area contributed by atoms with Gasteiger partial charge in [-0.3, -0.25) is 0 Å². The Bertz CT molecular complexity index is 678. The molecule has 33 heavy (non-hydrogen) atoms. The van der Waals surface area contributed by atoms with Crippen LogP contribution in [0.4, 0.5) is 0 Å². The van der Waals surface area contributed by atoms with Crippen LogP contribution in [0.3, 0.4) is 0 Å². The van der Waals surface area contributed by atoms with Crippen molar-refractivity contribution in [1.82, 2.24) is 0 Å². The highest BCUT2D eigenvalue weighted by atomic mass is 16.7. The van der Waals surface area contributed by atoms with Gasteiger partial charge in [-0.15, -0.1) is 0 Å². The van der Waals surface area contributed by atoms with E-state index in [-0.39, 0.29) is 6.29 Å². The molecule has 3 unspecified atom stereocenters. The summed E-state index contributed by atoms with van der Waals surface area (Å²) in [4.78, 5) is 0. The van der Waals surface area contributed by atoms with Gasteiger partial charge in [0.1, 0.15) is 0 Å². The Morgan fingerprint density at radius 2 is 1.73 bits per heavy atom. The highest BCUT2D eigenvalue weighted by Crippen LogP contribution is 2.66. The van der Waals surface area contributed by atoms with Crippen LogP contribution in [0, 0.1) is 46.3 Å². The van der Waals surface area contributed by atoms with Gasteiger partial charge in [-0.25, -0.2) is 0 Å². The third kappa shape index (κ3) is 4.74. The monoisotopic (exact) mass is 456 g/mol. The number of unbranched alkanes of at least 4 members (excludes halogenated alkanes) is 1. The number of fused-ring (bicyclic) bond motifs is 5. The summed E-state index contributed by atoms with van der Waals surface area (Å²) in [5, 5.41) is 0. The Morgan fingerprint density at radius 1 is 0.909 bits per heavy atom. The molecule has 0 radical (unpaired) electrons. The van der Waals surface area contributed by atoms with E-state index in [9.17, 15) is 0 Å². The van der Waals surface area contributed by atoms with Gasteiger partial charge >= 0.3 is 0 Å². The third-order valence-electron chi connectivity index (χ3n) is 11.4. The molecule has 188 valence electrons. The van der Waals surface area contributed by atoms with Crippen molar-refractivity contribution in [3.63, 3.8) is 0 Å². The molecule has 2 nitrogen and oxygen atoms in total. The Kier molecular flexibility index (Phi) is 7.35. The van der Waals surface area contributed by atoms with Gasteiger partial charge in [-0.1, -0.05) is 59.1 Å². The Hall–Kier alpha value is -0.340. The summed E-state index contributed by atoms with van der Waals surface area (Å²) in [6, 6.07) is 0. The first kappa shape index (κ1) is 24.4. The first-order chi connectivity index (χ1) is 15.9. The van der Waals surface area contributed by atoms with E-state index >= 15 is 0 Å². The van der Waals surface area contributed by atoms with Gasteiger partial charge in [0.25, 0.3) is 0 Å². The van der Waals surface area contributed by atoms with Crippen LogP contribution in [-0.4, -0.2) is 19.0 Å². The Labute approximate surface area is 204 Å². The van der Waals surface area contributed by atoms with E-state index in [1.165, 1.54) is 83.5 Å². The molecule has 5 aliphatic rings. The molecule has 4 fully saturated rings. The molecular formula is C31H52O2. The zero-order valence-electron chi connectivity index (χ0n) is 22.2. The largest absolute Gasteiger partial charge is 0.353 e. The number of allylic oxidation sites excluding steroid dienone is 2. The lowest BCUT2D eigenvalue weighted by molar-refractivity contribution is -0.204. The van der Waals surface area contributed by atoms with Crippen LogP contribution in [0.25, 0.3) is 0 Å². The first-order valence-corrected chi connectivity index (χ1v) is 14.9. The van der Waals surface area contributed by atoms with Crippen LogP contribution in [0.1, 0.15) is 118 Å². The first-order valence-electron chi connectivity index (χ1n) is 14.9. The molecule has 1 heterocycles. The molecule has 4 aliphatic carbocycles. The van der Waals surface area contributed by atoms with Gasteiger partial charge in [0.15, 0.2) is 6.29 Å². The fourth-order valence-electron chi connectivity index (χ4n) is 9.26. The zero-order valence-corrected chi connectivity index (χ0v) is 22.2. The Balaban J connectivity index is 1.22. The standard InChI is InChI=1S/C31H52O2/c1-22(2)9-5-6-10-23-13-15-27-26-14-12-24-21-25(33-29-11-7-8-20-32-29)16-18-31(24,4)28(26)17-19-30(23,27)3/h12,14,22-29H,5-11,13,15-21H2,1-4H3/t23-,24?,25?,26-,27-,28-,29?,30+,31+/m0/s1. The second-order valence-corrected chi connectivity index (χ2v) is 13.6. The molecule has 0 aromatic heterocycles. The van der Waals surface area contributed by atoms with Crippen LogP contribution in [0.15, 0.2) is 12.2 Å². The summed E-state index contributed by atoms with van der Waals surface area (Å²) in [6.45, 7) is 11.0. The maximum absolute atomic E-state index is 6.47. The van der Waals surface area contributed by atoms with Crippen molar-refractivity contribution in [2.24, 2.45) is 46.3 Å². The highest BCUT2D eigenvalue weighted by Gasteiger charge is 2.58. The minimum Gasteiger partial charge on any atom is -0.353 e. The predicted octanol–water partition coefficient (Wildman–Crippen LogP) is 8.55. The van der Waals surface area contributed by atoms with Crippen molar-refractivity contribution in [3.8, 4) is 0 Å². The number of rotatable bonds is 7. The molecular weight excluding hydrogens is 404 g/mol. The smallest absolute Gasteiger partial charge is 0.157 e. The summed E-state index contributed by atoms with van der Waals surface area (Å²) in [5.41, 5.74) is 1.09. The molecule has 0 bridgehead atoms. The van der Waals surface area contributed by atoms with Crippen LogP contribution in [-0.2, 0) is 9.47 Å². The maximum atomic E-state index is 6.47. The van der Waals surface area contributed by atoms with Gasteiger partial charge in [0.2, 0.25) is 0 Å². The number of ether oxygens (including phenoxy) is 2. The van der Waals surface area contributed by atoms with Crippen molar-refractivity contribution in [1.29, 1.82) is 0 Å². The van der Waals surface area contributed by atoms with Crippen LogP contribution in [0.2, 0.25) is 0 Å². The summed E-state index contributed by atoms with van der Waals surface area (Å²) >= 11 is 0. The molecule has 3 saturated carbocycles. The summed E-state index contributed by atoms with van der Waals surface area (Å²) < 4.78 is 12.4.